The van der Waals surface area contributed by atoms with Gasteiger partial charge in [-0.2, -0.15) is 0 Å². The lowest BCUT2D eigenvalue weighted by molar-refractivity contribution is 0.673. The Bertz CT molecular complexity index is 3230. The molecular formula is C56H37NO. The van der Waals surface area contributed by atoms with Crippen LogP contribution in [0.2, 0.25) is 0 Å². The Morgan fingerprint density at radius 1 is 0.293 bits per heavy atom. The first kappa shape index (κ1) is 33.6. The predicted octanol–water partition coefficient (Wildman–Crippen LogP) is 16.0. The van der Waals surface area contributed by atoms with Gasteiger partial charge >= 0.3 is 0 Å². The summed E-state index contributed by atoms with van der Waals surface area (Å²) >= 11 is 0. The fourth-order valence-corrected chi connectivity index (χ4v) is 8.58. The number of rotatable bonds is 7. The predicted molar refractivity (Wildman–Crippen MR) is 245 cm³/mol. The lowest BCUT2D eigenvalue weighted by Crippen LogP contribution is -2.10. The number of hydrogen-bond acceptors (Lipinski definition) is 2. The Labute approximate surface area is 337 Å². The van der Waals surface area contributed by atoms with Crippen molar-refractivity contribution >= 4 is 60.5 Å². The van der Waals surface area contributed by atoms with Gasteiger partial charge in [0.25, 0.3) is 0 Å². The molecule has 1 aromatic heterocycles. The highest BCUT2D eigenvalue weighted by molar-refractivity contribution is 6.19. The molecule has 0 saturated heterocycles. The molecule has 11 aromatic rings. The standard InChI is InChI=1S/C56H37NO/c1-3-14-38(15-4-1)46-33-47(39-16-5-2-6-17-39)37-50(36-46)57(48-23-11-21-43(34-48)44-29-28-40-18-7-8-20-42(40)32-44)49-24-12-22-45(35-49)51-26-13-27-54-55(51)53-31-30-41-19-9-10-25-52(41)56(53)58-54/h1-37H. The zero-order valence-electron chi connectivity index (χ0n) is 31.7. The van der Waals surface area contributed by atoms with Crippen LogP contribution in [0.4, 0.5) is 17.1 Å². The van der Waals surface area contributed by atoms with Gasteiger partial charge in [0.15, 0.2) is 0 Å². The fraction of sp³-hybridized carbons (Fsp3) is 0. The quantitative estimate of drug-likeness (QED) is 0.162. The van der Waals surface area contributed by atoms with Gasteiger partial charge in [-0.25, -0.2) is 0 Å². The molecule has 0 saturated carbocycles. The van der Waals surface area contributed by atoms with Crippen molar-refractivity contribution < 1.29 is 4.42 Å². The molecule has 0 amide bonds. The van der Waals surface area contributed by atoms with Crippen molar-refractivity contribution in [2.75, 3.05) is 4.90 Å². The van der Waals surface area contributed by atoms with Crippen LogP contribution in [0.5, 0.6) is 0 Å². The van der Waals surface area contributed by atoms with E-state index in [1.165, 1.54) is 32.8 Å². The lowest BCUT2D eigenvalue weighted by Gasteiger charge is -2.28. The van der Waals surface area contributed by atoms with Crippen LogP contribution in [0.1, 0.15) is 0 Å². The van der Waals surface area contributed by atoms with E-state index in [9.17, 15) is 0 Å². The smallest absolute Gasteiger partial charge is 0.143 e. The highest BCUT2D eigenvalue weighted by Gasteiger charge is 2.19. The third-order valence-corrected chi connectivity index (χ3v) is 11.4. The minimum Gasteiger partial charge on any atom is -0.455 e. The number of furan rings is 1. The summed E-state index contributed by atoms with van der Waals surface area (Å²) in [5.41, 5.74) is 14.3. The maximum atomic E-state index is 6.63. The van der Waals surface area contributed by atoms with Crippen molar-refractivity contribution in [2.24, 2.45) is 0 Å². The Kier molecular flexibility index (Phi) is 8.19. The summed E-state index contributed by atoms with van der Waals surface area (Å²) in [6.45, 7) is 0. The molecule has 0 atom stereocenters. The molecule has 0 radical (unpaired) electrons. The highest BCUT2D eigenvalue weighted by atomic mass is 16.3. The molecule has 1 heterocycles. The van der Waals surface area contributed by atoms with Crippen LogP contribution in [0.3, 0.4) is 0 Å². The van der Waals surface area contributed by atoms with Crippen LogP contribution in [0, 0.1) is 0 Å². The normalized spacial score (nSPS) is 11.4. The summed E-state index contributed by atoms with van der Waals surface area (Å²) < 4.78 is 6.63. The summed E-state index contributed by atoms with van der Waals surface area (Å²) in [7, 11) is 0. The van der Waals surface area contributed by atoms with Crippen molar-refractivity contribution in [1.29, 1.82) is 0 Å². The van der Waals surface area contributed by atoms with Gasteiger partial charge in [0, 0.05) is 33.2 Å². The molecule has 10 aromatic carbocycles. The van der Waals surface area contributed by atoms with E-state index in [2.05, 4.69) is 229 Å². The molecule has 2 nitrogen and oxygen atoms in total. The van der Waals surface area contributed by atoms with E-state index in [1.807, 2.05) is 0 Å². The van der Waals surface area contributed by atoms with Crippen LogP contribution < -0.4 is 4.90 Å². The first-order chi connectivity index (χ1) is 28.7. The molecule has 0 aliphatic heterocycles. The molecule has 0 spiro atoms. The van der Waals surface area contributed by atoms with E-state index in [0.29, 0.717) is 0 Å². The number of anilines is 3. The molecule has 272 valence electrons. The van der Waals surface area contributed by atoms with Crippen LogP contribution >= 0.6 is 0 Å². The van der Waals surface area contributed by atoms with Crippen LogP contribution in [-0.2, 0) is 0 Å². The molecule has 0 fully saturated rings. The summed E-state index contributed by atoms with van der Waals surface area (Å²) in [5, 5.41) is 7.01. The van der Waals surface area contributed by atoms with Crippen molar-refractivity contribution in [2.45, 2.75) is 0 Å². The summed E-state index contributed by atoms with van der Waals surface area (Å²) in [4.78, 5) is 2.41. The van der Waals surface area contributed by atoms with Gasteiger partial charge in [0.05, 0.1) is 0 Å². The second-order valence-corrected chi connectivity index (χ2v) is 14.9. The largest absolute Gasteiger partial charge is 0.455 e. The zero-order chi connectivity index (χ0) is 38.4. The van der Waals surface area contributed by atoms with E-state index in [1.54, 1.807) is 0 Å². The molecule has 0 unspecified atom stereocenters. The van der Waals surface area contributed by atoms with E-state index >= 15 is 0 Å². The average molecular weight is 740 g/mol. The second kappa shape index (κ2) is 14.1. The van der Waals surface area contributed by atoms with Crippen molar-refractivity contribution in [1.82, 2.24) is 0 Å². The zero-order valence-corrected chi connectivity index (χ0v) is 31.7. The summed E-state index contributed by atoms with van der Waals surface area (Å²) in [6, 6.07) is 80.8. The van der Waals surface area contributed by atoms with Gasteiger partial charge in [0.1, 0.15) is 11.2 Å². The third-order valence-electron chi connectivity index (χ3n) is 11.4. The van der Waals surface area contributed by atoms with E-state index in [-0.39, 0.29) is 0 Å². The molecular weight excluding hydrogens is 703 g/mol. The summed E-state index contributed by atoms with van der Waals surface area (Å²) in [5.74, 6) is 0. The van der Waals surface area contributed by atoms with Gasteiger partial charge in [-0.3, -0.25) is 0 Å². The van der Waals surface area contributed by atoms with Gasteiger partial charge in [-0.15, -0.1) is 0 Å². The first-order valence-electron chi connectivity index (χ1n) is 19.8. The Balaban J connectivity index is 1.13. The topological polar surface area (TPSA) is 16.4 Å². The van der Waals surface area contributed by atoms with Crippen LogP contribution in [-0.4, -0.2) is 0 Å². The molecule has 11 rings (SSSR count). The van der Waals surface area contributed by atoms with E-state index in [0.717, 1.165) is 72.2 Å². The van der Waals surface area contributed by atoms with Crippen molar-refractivity contribution in [3.8, 4) is 44.5 Å². The Morgan fingerprint density at radius 2 is 0.845 bits per heavy atom. The molecule has 0 N–H and O–H groups in total. The first-order valence-corrected chi connectivity index (χ1v) is 19.8. The fourth-order valence-electron chi connectivity index (χ4n) is 8.58. The maximum Gasteiger partial charge on any atom is 0.143 e. The third kappa shape index (κ3) is 6.00. The SMILES string of the molecule is c1ccc(-c2cc(-c3ccccc3)cc(N(c3cccc(-c4ccc5ccccc5c4)c3)c3cccc(-c4cccc5oc6c7ccccc7ccc6c45)c3)c2)cc1. The average Bonchev–Trinajstić information content (AvgIpc) is 3.69. The van der Waals surface area contributed by atoms with Gasteiger partial charge in [-0.1, -0.05) is 164 Å². The van der Waals surface area contributed by atoms with E-state index in [4.69, 9.17) is 4.42 Å². The van der Waals surface area contributed by atoms with Crippen molar-refractivity contribution in [3.63, 3.8) is 0 Å². The second-order valence-electron chi connectivity index (χ2n) is 14.9. The van der Waals surface area contributed by atoms with Gasteiger partial charge < -0.3 is 9.32 Å². The number of nitrogens with zero attached hydrogens (tertiary/aromatic N) is 1. The van der Waals surface area contributed by atoms with Gasteiger partial charge in [0.2, 0.25) is 0 Å². The minimum atomic E-state index is 0.886. The van der Waals surface area contributed by atoms with Crippen molar-refractivity contribution in [3.05, 3.63) is 224 Å². The molecule has 0 bridgehead atoms. The Morgan fingerprint density at radius 3 is 1.59 bits per heavy atom. The lowest BCUT2D eigenvalue weighted by atomic mass is 9.96. The van der Waals surface area contributed by atoms with Crippen LogP contribution in [0.25, 0.3) is 88.0 Å². The summed E-state index contributed by atoms with van der Waals surface area (Å²) in [6.07, 6.45) is 0. The minimum absolute atomic E-state index is 0.886. The van der Waals surface area contributed by atoms with E-state index < -0.39 is 0 Å². The maximum absolute atomic E-state index is 6.63. The Hall–Kier alpha value is -7.68. The number of benzene rings is 10. The molecule has 2 heteroatoms. The molecule has 58 heavy (non-hydrogen) atoms. The number of hydrogen-bond donors (Lipinski definition) is 0. The van der Waals surface area contributed by atoms with Crippen LogP contribution in [0.15, 0.2) is 229 Å². The van der Waals surface area contributed by atoms with Gasteiger partial charge in [-0.05, 0) is 121 Å². The number of fused-ring (bicyclic) bond motifs is 6. The highest BCUT2D eigenvalue weighted by Crippen LogP contribution is 2.44. The molecule has 0 aliphatic rings. The molecule has 0 aliphatic carbocycles. The monoisotopic (exact) mass is 739 g/mol.